The Labute approximate surface area is 79.5 Å². The van der Waals surface area contributed by atoms with E-state index >= 15 is 0 Å². The van der Waals surface area contributed by atoms with Gasteiger partial charge in [0.1, 0.15) is 0 Å². The Morgan fingerprint density at radius 2 is 1.92 bits per heavy atom. The van der Waals surface area contributed by atoms with Gasteiger partial charge in [0, 0.05) is 24.0 Å². The number of hydrogen-bond acceptors (Lipinski definition) is 2. The van der Waals surface area contributed by atoms with Crippen molar-refractivity contribution in [3.05, 3.63) is 28.8 Å². The first-order valence-corrected chi connectivity index (χ1v) is 4.54. The van der Waals surface area contributed by atoms with Crippen LogP contribution in [0, 0.1) is 19.3 Å². The van der Waals surface area contributed by atoms with E-state index in [0.717, 1.165) is 17.8 Å². The largest absolute Gasteiger partial charge is 0.385 e. The van der Waals surface area contributed by atoms with Crippen LogP contribution in [0.15, 0.2) is 12.1 Å². The zero-order chi connectivity index (χ0) is 9.84. The lowest BCUT2D eigenvalue weighted by Crippen LogP contribution is -2.01. The van der Waals surface area contributed by atoms with E-state index in [1.54, 1.807) is 0 Å². The van der Waals surface area contributed by atoms with E-state index in [4.69, 9.17) is 5.41 Å². The van der Waals surface area contributed by atoms with Gasteiger partial charge in [0.15, 0.2) is 0 Å². The van der Waals surface area contributed by atoms with Crippen LogP contribution in [0.1, 0.15) is 23.6 Å². The smallest absolute Gasteiger partial charge is 0.0431 e. The van der Waals surface area contributed by atoms with Gasteiger partial charge in [0.05, 0.1) is 0 Å². The van der Waals surface area contributed by atoms with Crippen molar-refractivity contribution in [3.63, 3.8) is 0 Å². The SMILES string of the molecule is CCNc1cc(C)c(C)cc1C=N. The van der Waals surface area contributed by atoms with Crippen molar-refractivity contribution in [2.24, 2.45) is 0 Å². The molecule has 0 aliphatic rings. The molecule has 2 N–H and O–H groups in total. The van der Waals surface area contributed by atoms with Crippen LogP contribution in [0.5, 0.6) is 0 Å². The average molecular weight is 176 g/mol. The van der Waals surface area contributed by atoms with Gasteiger partial charge < -0.3 is 10.7 Å². The first-order valence-electron chi connectivity index (χ1n) is 4.54. The first-order chi connectivity index (χ1) is 6.19. The number of anilines is 1. The monoisotopic (exact) mass is 176 g/mol. The Kier molecular flexibility index (Phi) is 3.07. The van der Waals surface area contributed by atoms with Gasteiger partial charge in [0.2, 0.25) is 0 Å². The second-order valence-electron chi connectivity index (χ2n) is 3.20. The first kappa shape index (κ1) is 9.78. The van der Waals surface area contributed by atoms with E-state index in [1.807, 2.05) is 6.07 Å². The summed E-state index contributed by atoms with van der Waals surface area (Å²) in [6, 6.07) is 4.14. The summed E-state index contributed by atoms with van der Waals surface area (Å²) in [5.74, 6) is 0. The minimum Gasteiger partial charge on any atom is -0.385 e. The van der Waals surface area contributed by atoms with Crippen LogP contribution in [-0.2, 0) is 0 Å². The Hall–Kier alpha value is -1.31. The molecule has 0 unspecified atom stereocenters. The van der Waals surface area contributed by atoms with Crippen molar-refractivity contribution in [2.75, 3.05) is 11.9 Å². The summed E-state index contributed by atoms with van der Waals surface area (Å²) in [5.41, 5.74) is 4.52. The number of rotatable bonds is 3. The number of nitrogens with one attached hydrogen (secondary N) is 2. The van der Waals surface area contributed by atoms with Gasteiger partial charge >= 0.3 is 0 Å². The van der Waals surface area contributed by atoms with Crippen LogP contribution < -0.4 is 5.32 Å². The summed E-state index contributed by atoms with van der Waals surface area (Å²) in [4.78, 5) is 0. The van der Waals surface area contributed by atoms with E-state index in [1.165, 1.54) is 17.3 Å². The number of hydrogen-bond donors (Lipinski definition) is 2. The summed E-state index contributed by atoms with van der Waals surface area (Å²) in [6.45, 7) is 7.11. The Morgan fingerprint density at radius 1 is 1.31 bits per heavy atom. The lowest BCUT2D eigenvalue weighted by Gasteiger charge is -2.10. The third-order valence-corrected chi connectivity index (χ3v) is 2.19. The highest BCUT2D eigenvalue weighted by molar-refractivity contribution is 5.86. The van der Waals surface area contributed by atoms with Gasteiger partial charge in [-0.05, 0) is 44.0 Å². The van der Waals surface area contributed by atoms with Gasteiger partial charge in [-0.2, -0.15) is 0 Å². The van der Waals surface area contributed by atoms with E-state index in [9.17, 15) is 0 Å². The second kappa shape index (κ2) is 4.08. The van der Waals surface area contributed by atoms with Crippen molar-refractivity contribution in [3.8, 4) is 0 Å². The maximum Gasteiger partial charge on any atom is 0.0431 e. The highest BCUT2D eigenvalue weighted by Gasteiger charge is 2.01. The molecule has 0 spiro atoms. The van der Waals surface area contributed by atoms with Gasteiger partial charge in [-0.1, -0.05) is 0 Å². The van der Waals surface area contributed by atoms with Crippen LogP contribution in [0.25, 0.3) is 0 Å². The molecule has 0 radical (unpaired) electrons. The molecule has 0 saturated heterocycles. The maximum absolute atomic E-state index is 7.27. The molecule has 1 aromatic rings. The molecule has 0 aliphatic carbocycles. The summed E-state index contributed by atoms with van der Waals surface area (Å²) < 4.78 is 0. The van der Waals surface area contributed by atoms with Gasteiger partial charge in [-0.25, -0.2) is 0 Å². The lowest BCUT2D eigenvalue weighted by molar-refractivity contribution is 1.20. The van der Waals surface area contributed by atoms with Crippen LogP contribution in [0.2, 0.25) is 0 Å². The molecule has 1 rings (SSSR count). The molecule has 0 aromatic heterocycles. The summed E-state index contributed by atoms with van der Waals surface area (Å²) in [6.07, 6.45) is 1.39. The normalized spacial score (nSPS) is 9.77. The molecule has 2 nitrogen and oxygen atoms in total. The lowest BCUT2D eigenvalue weighted by atomic mass is 10.0. The standard InChI is InChI=1S/C11H16N2/c1-4-13-11-6-9(3)8(2)5-10(11)7-12/h5-7,12-13H,4H2,1-3H3. The molecule has 0 atom stereocenters. The van der Waals surface area contributed by atoms with Crippen molar-refractivity contribution in [1.29, 1.82) is 5.41 Å². The summed E-state index contributed by atoms with van der Waals surface area (Å²) in [5, 5.41) is 10.5. The predicted molar refractivity (Wildman–Crippen MR) is 58.0 cm³/mol. The van der Waals surface area contributed by atoms with Crippen molar-refractivity contribution in [1.82, 2.24) is 0 Å². The van der Waals surface area contributed by atoms with Gasteiger partial charge in [0.25, 0.3) is 0 Å². The minimum atomic E-state index is 0.892. The fourth-order valence-electron chi connectivity index (χ4n) is 1.30. The Morgan fingerprint density at radius 3 is 2.46 bits per heavy atom. The minimum absolute atomic E-state index is 0.892. The number of benzene rings is 1. The van der Waals surface area contributed by atoms with Gasteiger partial charge in [-0.15, -0.1) is 0 Å². The molecule has 0 heterocycles. The summed E-state index contributed by atoms with van der Waals surface area (Å²) >= 11 is 0. The third-order valence-electron chi connectivity index (χ3n) is 2.19. The summed E-state index contributed by atoms with van der Waals surface area (Å²) in [7, 11) is 0. The van der Waals surface area contributed by atoms with Crippen LogP contribution >= 0.6 is 0 Å². The highest BCUT2D eigenvalue weighted by atomic mass is 14.9. The molecule has 1 aromatic carbocycles. The van der Waals surface area contributed by atoms with Crippen molar-refractivity contribution < 1.29 is 0 Å². The van der Waals surface area contributed by atoms with E-state index < -0.39 is 0 Å². The second-order valence-corrected chi connectivity index (χ2v) is 3.20. The fourth-order valence-corrected chi connectivity index (χ4v) is 1.30. The van der Waals surface area contributed by atoms with Gasteiger partial charge in [-0.3, -0.25) is 0 Å². The molecular formula is C11H16N2. The van der Waals surface area contributed by atoms with Crippen LogP contribution in [-0.4, -0.2) is 12.8 Å². The molecule has 0 amide bonds. The highest BCUT2D eigenvalue weighted by Crippen LogP contribution is 2.18. The van der Waals surface area contributed by atoms with E-state index in [0.29, 0.717) is 0 Å². The Bertz CT molecular complexity index is 316. The average Bonchev–Trinajstić information content (AvgIpc) is 2.11. The third kappa shape index (κ3) is 2.08. The van der Waals surface area contributed by atoms with Crippen molar-refractivity contribution >= 4 is 11.9 Å². The zero-order valence-corrected chi connectivity index (χ0v) is 8.44. The fraction of sp³-hybridized carbons (Fsp3) is 0.364. The van der Waals surface area contributed by atoms with E-state index in [2.05, 4.69) is 32.2 Å². The molecule has 13 heavy (non-hydrogen) atoms. The molecule has 70 valence electrons. The van der Waals surface area contributed by atoms with Crippen LogP contribution in [0.3, 0.4) is 0 Å². The van der Waals surface area contributed by atoms with Crippen LogP contribution in [0.4, 0.5) is 5.69 Å². The van der Waals surface area contributed by atoms with Crippen molar-refractivity contribution in [2.45, 2.75) is 20.8 Å². The van der Waals surface area contributed by atoms with E-state index in [-0.39, 0.29) is 0 Å². The predicted octanol–water partition coefficient (Wildman–Crippen LogP) is 2.73. The maximum atomic E-state index is 7.27. The quantitative estimate of drug-likeness (QED) is 0.682. The molecule has 2 heteroatoms. The molecule has 0 bridgehead atoms. The molecule has 0 fully saturated rings. The Balaban J connectivity index is 3.16. The number of aryl methyl sites for hydroxylation is 2. The zero-order valence-electron chi connectivity index (χ0n) is 8.44. The topological polar surface area (TPSA) is 35.9 Å². The molecule has 0 aliphatic heterocycles. The molecule has 0 saturated carbocycles. The molecular weight excluding hydrogens is 160 g/mol.